The molecule has 1 atom stereocenters. The van der Waals surface area contributed by atoms with E-state index < -0.39 is 12.1 Å². The van der Waals surface area contributed by atoms with Gasteiger partial charge in [0.15, 0.2) is 0 Å². The molecule has 4 rings (SSSR count). The first-order valence-corrected chi connectivity index (χ1v) is 12.5. The molecule has 0 bridgehead atoms. The molecule has 3 aromatic rings. The third-order valence-electron chi connectivity index (χ3n) is 6.69. The minimum atomic E-state index is -0.821. The van der Waals surface area contributed by atoms with Crippen LogP contribution in [0.4, 0.5) is 4.79 Å². The normalized spacial score (nSPS) is 14.5. The number of piperidine rings is 1. The fourth-order valence-electron chi connectivity index (χ4n) is 4.58. The van der Waals surface area contributed by atoms with Gasteiger partial charge in [0.25, 0.3) is 0 Å². The van der Waals surface area contributed by atoms with Gasteiger partial charge in [-0.05, 0) is 41.0 Å². The number of amides is 2. The molecule has 37 heavy (non-hydrogen) atoms. The third-order valence-corrected chi connectivity index (χ3v) is 6.69. The number of nitrogens with zero attached hydrogens (tertiary/aromatic N) is 1. The van der Waals surface area contributed by atoms with Crippen LogP contribution in [0.1, 0.15) is 47.1 Å². The predicted molar refractivity (Wildman–Crippen MR) is 140 cm³/mol. The van der Waals surface area contributed by atoms with Gasteiger partial charge < -0.3 is 19.7 Å². The van der Waals surface area contributed by atoms with Crippen LogP contribution in [0, 0.1) is 0 Å². The van der Waals surface area contributed by atoms with E-state index in [1.807, 2.05) is 77.7 Å². The molecule has 3 aromatic carbocycles. The zero-order valence-electron chi connectivity index (χ0n) is 21.0. The summed E-state index contributed by atoms with van der Waals surface area (Å²) in [6.45, 7) is 1.32. The summed E-state index contributed by atoms with van der Waals surface area (Å²) in [5.41, 5.74) is 3.70. The summed E-state index contributed by atoms with van der Waals surface area (Å²) in [5.74, 6) is -0.0740. The van der Waals surface area contributed by atoms with Gasteiger partial charge in [0, 0.05) is 13.1 Å². The van der Waals surface area contributed by atoms with Gasteiger partial charge in [-0.2, -0.15) is 0 Å². The van der Waals surface area contributed by atoms with Gasteiger partial charge in [-0.3, -0.25) is 9.59 Å². The first kappa shape index (κ1) is 25.9. The quantitative estimate of drug-likeness (QED) is 0.450. The van der Waals surface area contributed by atoms with E-state index in [1.165, 1.54) is 12.7 Å². The second-order valence-electron chi connectivity index (χ2n) is 9.14. The minimum Gasteiger partial charge on any atom is -0.469 e. The van der Waals surface area contributed by atoms with E-state index in [0.29, 0.717) is 24.6 Å². The van der Waals surface area contributed by atoms with Crippen molar-refractivity contribution in [1.82, 2.24) is 10.2 Å². The number of benzene rings is 3. The molecule has 7 nitrogen and oxygen atoms in total. The van der Waals surface area contributed by atoms with Crippen LogP contribution in [0.2, 0.25) is 0 Å². The van der Waals surface area contributed by atoms with E-state index in [-0.39, 0.29) is 24.9 Å². The van der Waals surface area contributed by atoms with Crippen molar-refractivity contribution in [3.63, 3.8) is 0 Å². The molecular formula is C30H32N2O5. The predicted octanol–water partition coefficient (Wildman–Crippen LogP) is 4.78. The number of nitrogens with one attached hydrogen (secondary N) is 1. The van der Waals surface area contributed by atoms with Crippen molar-refractivity contribution in [2.24, 2.45) is 0 Å². The summed E-state index contributed by atoms with van der Waals surface area (Å²) in [6, 6.07) is 25.9. The SMILES string of the molecule is COC(=O)Cc1ccc(C2CCN(C(=O)[C@H](NC(=O)OCc3ccccc3)c3ccccc3)CC2)cc1. The maximum atomic E-state index is 13.5. The molecule has 1 aliphatic rings. The van der Waals surface area contributed by atoms with Crippen molar-refractivity contribution >= 4 is 18.0 Å². The molecule has 0 radical (unpaired) electrons. The molecule has 1 fully saturated rings. The lowest BCUT2D eigenvalue weighted by molar-refractivity contribution is -0.139. The average molecular weight is 501 g/mol. The van der Waals surface area contributed by atoms with Crippen molar-refractivity contribution in [2.45, 2.75) is 37.8 Å². The highest BCUT2D eigenvalue weighted by atomic mass is 16.5. The number of alkyl carbamates (subject to hydrolysis) is 1. The monoisotopic (exact) mass is 500 g/mol. The van der Waals surface area contributed by atoms with Crippen LogP contribution < -0.4 is 5.32 Å². The molecule has 0 spiro atoms. The number of rotatable bonds is 8. The van der Waals surface area contributed by atoms with E-state index in [1.54, 1.807) is 0 Å². The Morgan fingerprint density at radius 2 is 1.49 bits per heavy atom. The molecule has 0 aromatic heterocycles. The second-order valence-corrected chi connectivity index (χ2v) is 9.14. The fourth-order valence-corrected chi connectivity index (χ4v) is 4.58. The number of ether oxygens (including phenoxy) is 2. The first-order chi connectivity index (χ1) is 18.0. The fraction of sp³-hybridized carbons (Fsp3) is 0.300. The van der Waals surface area contributed by atoms with Crippen LogP contribution in [-0.4, -0.2) is 43.1 Å². The summed E-state index contributed by atoms with van der Waals surface area (Å²) >= 11 is 0. The standard InChI is InChI=1S/C30H32N2O5/c1-36-27(33)20-22-12-14-24(15-13-22)25-16-18-32(19-17-25)29(34)28(26-10-6-3-7-11-26)31-30(35)37-21-23-8-4-2-5-9-23/h2-15,25,28H,16-21H2,1H3,(H,31,35)/t28-/m1/s1. The maximum Gasteiger partial charge on any atom is 0.408 e. The van der Waals surface area contributed by atoms with Crippen molar-refractivity contribution in [2.75, 3.05) is 20.2 Å². The molecule has 0 aliphatic carbocycles. The molecule has 1 aliphatic heterocycles. The number of hydrogen-bond acceptors (Lipinski definition) is 5. The summed E-state index contributed by atoms with van der Waals surface area (Å²) < 4.78 is 10.1. The van der Waals surface area contributed by atoms with Crippen molar-refractivity contribution in [3.8, 4) is 0 Å². The van der Waals surface area contributed by atoms with Gasteiger partial charge >= 0.3 is 12.1 Å². The van der Waals surface area contributed by atoms with Gasteiger partial charge in [-0.1, -0.05) is 84.9 Å². The van der Waals surface area contributed by atoms with E-state index >= 15 is 0 Å². The Morgan fingerprint density at radius 3 is 2.11 bits per heavy atom. The number of hydrogen-bond donors (Lipinski definition) is 1. The van der Waals surface area contributed by atoms with Gasteiger partial charge in [-0.15, -0.1) is 0 Å². The van der Waals surface area contributed by atoms with Crippen LogP contribution in [-0.2, 0) is 32.1 Å². The lowest BCUT2D eigenvalue weighted by Gasteiger charge is -2.34. The molecule has 1 N–H and O–H groups in total. The molecule has 1 saturated heterocycles. The van der Waals surface area contributed by atoms with Crippen LogP contribution in [0.3, 0.4) is 0 Å². The Morgan fingerprint density at radius 1 is 0.865 bits per heavy atom. The Labute approximate surface area is 217 Å². The molecule has 0 saturated carbocycles. The Bertz CT molecular complexity index is 1170. The highest BCUT2D eigenvalue weighted by Crippen LogP contribution is 2.30. The number of methoxy groups -OCH3 is 1. The maximum absolute atomic E-state index is 13.5. The van der Waals surface area contributed by atoms with Crippen molar-refractivity contribution < 1.29 is 23.9 Å². The summed E-state index contributed by atoms with van der Waals surface area (Å²) in [6.07, 6.45) is 1.27. The van der Waals surface area contributed by atoms with Crippen LogP contribution in [0.5, 0.6) is 0 Å². The van der Waals surface area contributed by atoms with Gasteiger partial charge in [0.05, 0.1) is 13.5 Å². The van der Waals surface area contributed by atoms with E-state index in [0.717, 1.165) is 24.0 Å². The smallest absolute Gasteiger partial charge is 0.408 e. The van der Waals surface area contributed by atoms with Gasteiger partial charge in [0.2, 0.25) is 5.91 Å². The minimum absolute atomic E-state index is 0.131. The van der Waals surface area contributed by atoms with Crippen LogP contribution >= 0.6 is 0 Å². The lowest BCUT2D eigenvalue weighted by Crippen LogP contribution is -2.46. The van der Waals surface area contributed by atoms with Crippen LogP contribution in [0.15, 0.2) is 84.9 Å². The van der Waals surface area contributed by atoms with E-state index in [4.69, 9.17) is 9.47 Å². The van der Waals surface area contributed by atoms with E-state index in [2.05, 4.69) is 17.4 Å². The number of carbonyl (C=O) groups excluding carboxylic acids is 3. The molecule has 192 valence electrons. The Balaban J connectivity index is 1.36. The summed E-state index contributed by atoms with van der Waals surface area (Å²) in [5, 5.41) is 2.78. The van der Waals surface area contributed by atoms with E-state index in [9.17, 15) is 14.4 Å². The van der Waals surface area contributed by atoms with Gasteiger partial charge in [-0.25, -0.2) is 4.79 Å². The zero-order chi connectivity index (χ0) is 26.0. The number of likely N-dealkylation sites (tertiary alicyclic amines) is 1. The molecule has 7 heteroatoms. The highest BCUT2D eigenvalue weighted by molar-refractivity contribution is 5.87. The second kappa shape index (κ2) is 12.7. The summed E-state index contributed by atoms with van der Waals surface area (Å²) in [4.78, 5) is 39.5. The Hall–Kier alpha value is -4.13. The molecule has 0 unspecified atom stereocenters. The molecular weight excluding hydrogens is 468 g/mol. The largest absolute Gasteiger partial charge is 0.469 e. The average Bonchev–Trinajstić information content (AvgIpc) is 2.96. The van der Waals surface area contributed by atoms with Crippen LogP contribution in [0.25, 0.3) is 0 Å². The topological polar surface area (TPSA) is 84.9 Å². The first-order valence-electron chi connectivity index (χ1n) is 12.5. The Kier molecular flexibility index (Phi) is 8.92. The number of carbonyl (C=O) groups is 3. The lowest BCUT2D eigenvalue weighted by atomic mass is 9.88. The molecule has 1 heterocycles. The summed E-state index contributed by atoms with van der Waals surface area (Å²) in [7, 11) is 1.39. The molecule has 2 amide bonds. The van der Waals surface area contributed by atoms with Crippen molar-refractivity contribution in [1.29, 1.82) is 0 Å². The third kappa shape index (κ3) is 7.19. The highest BCUT2D eigenvalue weighted by Gasteiger charge is 2.31. The number of esters is 1. The zero-order valence-corrected chi connectivity index (χ0v) is 21.0. The van der Waals surface area contributed by atoms with Crippen molar-refractivity contribution in [3.05, 3.63) is 107 Å². The van der Waals surface area contributed by atoms with Gasteiger partial charge in [0.1, 0.15) is 12.6 Å².